The molecule has 5 nitrogen and oxygen atoms in total. The van der Waals surface area contributed by atoms with Crippen molar-refractivity contribution < 1.29 is 9.68 Å². The molecule has 0 bridgehead atoms. The number of anilines is 2. The van der Waals surface area contributed by atoms with Gasteiger partial charge in [-0.3, -0.25) is 0 Å². The van der Waals surface area contributed by atoms with Crippen molar-refractivity contribution in [3.8, 4) is 0 Å². The molecule has 0 atom stereocenters. The molecular formula is C18H22BN3O2S. The number of aryl methyl sites for hydroxylation is 1. The number of rotatable bonds is 4. The SMILES string of the molecule is Cc1cnc(Nc2ccc3c(c2)COB3O)nc1SC1CCCCC1. The van der Waals surface area contributed by atoms with Crippen LogP contribution < -0.4 is 10.8 Å². The molecule has 1 aromatic carbocycles. The van der Waals surface area contributed by atoms with Crippen LogP contribution in [0.1, 0.15) is 43.2 Å². The molecule has 2 N–H and O–H groups in total. The summed E-state index contributed by atoms with van der Waals surface area (Å²) < 4.78 is 5.24. The summed E-state index contributed by atoms with van der Waals surface area (Å²) >= 11 is 1.89. The Kier molecular flexibility index (Phi) is 4.97. The minimum Gasteiger partial charge on any atom is -0.423 e. The maximum atomic E-state index is 9.71. The fourth-order valence-electron chi connectivity index (χ4n) is 3.38. The van der Waals surface area contributed by atoms with Gasteiger partial charge in [0.2, 0.25) is 5.95 Å². The van der Waals surface area contributed by atoms with Crippen LogP contribution in [-0.2, 0) is 11.3 Å². The van der Waals surface area contributed by atoms with Gasteiger partial charge in [0.15, 0.2) is 0 Å². The fraction of sp³-hybridized carbons (Fsp3) is 0.444. The zero-order valence-electron chi connectivity index (χ0n) is 14.4. The lowest BCUT2D eigenvalue weighted by Crippen LogP contribution is -2.27. The Labute approximate surface area is 152 Å². The molecule has 0 unspecified atom stereocenters. The van der Waals surface area contributed by atoms with Gasteiger partial charge in [0.1, 0.15) is 5.03 Å². The Morgan fingerprint density at radius 3 is 2.96 bits per heavy atom. The number of nitrogens with one attached hydrogen (secondary N) is 1. The molecule has 4 rings (SSSR count). The van der Waals surface area contributed by atoms with E-state index in [2.05, 4.69) is 17.2 Å². The van der Waals surface area contributed by atoms with Gasteiger partial charge < -0.3 is 15.0 Å². The molecule has 0 radical (unpaired) electrons. The van der Waals surface area contributed by atoms with Gasteiger partial charge in [-0.1, -0.05) is 25.3 Å². The first-order valence-corrected chi connectivity index (χ1v) is 9.77. The second-order valence-corrected chi connectivity index (χ2v) is 8.05. The van der Waals surface area contributed by atoms with Gasteiger partial charge in [-0.25, -0.2) is 9.97 Å². The highest BCUT2D eigenvalue weighted by molar-refractivity contribution is 7.99. The molecule has 1 fully saturated rings. The van der Waals surface area contributed by atoms with Gasteiger partial charge in [0, 0.05) is 17.1 Å². The smallest absolute Gasteiger partial charge is 0.423 e. The van der Waals surface area contributed by atoms with Gasteiger partial charge in [-0.05, 0) is 48.5 Å². The van der Waals surface area contributed by atoms with Crippen LogP contribution >= 0.6 is 11.8 Å². The average molecular weight is 355 g/mol. The number of nitrogens with zero attached hydrogens (tertiary/aromatic N) is 2. The van der Waals surface area contributed by atoms with Crippen molar-refractivity contribution in [3.63, 3.8) is 0 Å². The van der Waals surface area contributed by atoms with E-state index in [1.165, 1.54) is 32.1 Å². The van der Waals surface area contributed by atoms with Gasteiger partial charge in [-0.2, -0.15) is 0 Å². The lowest BCUT2D eigenvalue weighted by atomic mass is 9.79. The third kappa shape index (κ3) is 3.83. The zero-order valence-corrected chi connectivity index (χ0v) is 15.2. The van der Waals surface area contributed by atoms with Gasteiger partial charge in [-0.15, -0.1) is 11.8 Å². The first-order valence-electron chi connectivity index (χ1n) is 8.89. The largest absolute Gasteiger partial charge is 0.491 e. The summed E-state index contributed by atoms with van der Waals surface area (Å²) in [5.41, 5.74) is 3.88. The minimum atomic E-state index is -0.807. The van der Waals surface area contributed by atoms with E-state index < -0.39 is 7.12 Å². The third-order valence-corrected chi connectivity index (χ3v) is 6.26. The van der Waals surface area contributed by atoms with Crippen molar-refractivity contribution in [1.82, 2.24) is 9.97 Å². The van der Waals surface area contributed by atoms with Crippen LogP contribution in [-0.4, -0.2) is 27.4 Å². The zero-order chi connectivity index (χ0) is 17.2. The normalized spacial score (nSPS) is 17.6. The van der Waals surface area contributed by atoms with Crippen molar-refractivity contribution in [1.29, 1.82) is 0 Å². The summed E-state index contributed by atoms with van der Waals surface area (Å²) in [7, 11) is -0.807. The Hall–Kier alpha value is -1.57. The maximum absolute atomic E-state index is 9.71. The standard InChI is InChI=1S/C18H22BN3O2S/c1-12-10-20-18(22-17(12)25-15-5-3-2-4-6-15)21-14-7-8-16-13(9-14)11-24-19(16)23/h7-10,15,23H,2-6,11H2,1H3,(H,20,21,22). The third-order valence-electron chi connectivity index (χ3n) is 4.82. The molecule has 0 amide bonds. The van der Waals surface area contributed by atoms with Crippen molar-refractivity contribution >= 4 is 36.0 Å². The first kappa shape index (κ1) is 16.9. The summed E-state index contributed by atoms with van der Waals surface area (Å²) in [6.45, 7) is 2.51. The summed E-state index contributed by atoms with van der Waals surface area (Å²) in [5, 5.41) is 14.7. The highest BCUT2D eigenvalue weighted by Gasteiger charge is 2.27. The number of fused-ring (bicyclic) bond motifs is 1. The van der Waals surface area contributed by atoms with Crippen LogP contribution in [0.5, 0.6) is 0 Å². The molecule has 7 heteroatoms. The van der Waals surface area contributed by atoms with Crippen LogP contribution in [0, 0.1) is 6.92 Å². The molecule has 1 saturated carbocycles. The van der Waals surface area contributed by atoms with Crippen molar-refractivity contribution in [2.24, 2.45) is 0 Å². The van der Waals surface area contributed by atoms with Crippen LogP contribution in [0.25, 0.3) is 0 Å². The van der Waals surface area contributed by atoms with Gasteiger partial charge >= 0.3 is 7.12 Å². The van der Waals surface area contributed by atoms with Crippen molar-refractivity contribution in [3.05, 3.63) is 35.5 Å². The number of aromatic nitrogens is 2. The summed E-state index contributed by atoms with van der Waals surface area (Å²) in [6, 6.07) is 5.80. The Bertz CT molecular complexity index is 768. The predicted molar refractivity (Wildman–Crippen MR) is 102 cm³/mol. The Morgan fingerprint density at radius 1 is 1.28 bits per heavy atom. The molecule has 0 spiro atoms. The van der Waals surface area contributed by atoms with E-state index in [0.717, 1.165) is 27.3 Å². The fourth-order valence-corrected chi connectivity index (χ4v) is 4.65. The molecule has 1 aliphatic carbocycles. The van der Waals surface area contributed by atoms with E-state index in [1.807, 2.05) is 36.2 Å². The Balaban J connectivity index is 1.50. The quantitative estimate of drug-likeness (QED) is 0.649. The molecule has 2 heterocycles. The molecule has 2 aliphatic rings. The topological polar surface area (TPSA) is 67.3 Å². The van der Waals surface area contributed by atoms with Crippen molar-refractivity contribution in [2.45, 2.75) is 55.9 Å². The summed E-state index contributed by atoms with van der Waals surface area (Å²) in [6.07, 6.45) is 8.48. The molecule has 1 aromatic heterocycles. The molecule has 130 valence electrons. The lowest BCUT2D eigenvalue weighted by Gasteiger charge is -2.21. The number of hydrogen-bond donors (Lipinski definition) is 2. The monoisotopic (exact) mass is 355 g/mol. The second-order valence-electron chi connectivity index (χ2n) is 6.76. The van der Waals surface area contributed by atoms with Gasteiger partial charge in [0.05, 0.1) is 6.61 Å². The van der Waals surface area contributed by atoms with E-state index in [9.17, 15) is 5.02 Å². The van der Waals surface area contributed by atoms with Gasteiger partial charge in [0.25, 0.3) is 0 Å². The minimum absolute atomic E-state index is 0.434. The van der Waals surface area contributed by atoms with E-state index in [4.69, 9.17) is 9.64 Å². The van der Waals surface area contributed by atoms with E-state index in [0.29, 0.717) is 17.8 Å². The van der Waals surface area contributed by atoms with E-state index >= 15 is 0 Å². The molecule has 0 saturated heterocycles. The summed E-state index contributed by atoms with van der Waals surface area (Å²) in [4.78, 5) is 9.15. The lowest BCUT2D eigenvalue weighted by molar-refractivity contribution is 0.275. The molecular weight excluding hydrogens is 333 g/mol. The molecule has 1 aliphatic heterocycles. The van der Waals surface area contributed by atoms with Crippen LogP contribution in [0.2, 0.25) is 0 Å². The molecule has 2 aromatic rings. The second kappa shape index (κ2) is 7.36. The predicted octanol–water partition coefficient (Wildman–Crippen LogP) is 3.17. The van der Waals surface area contributed by atoms with Crippen LogP contribution in [0.4, 0.5) is 11.6 Å². The summed E-state index contributed by atoms with van der Waals surface area (Å²) in [5.74, 6) is 0.614. The van der Waals surface area contributed by atoms with Crippen LogP contribution in [0.3, 0.4) is 0 Å². The van der Waals surface area contributed by atoms with Crippen LogP contribution in [0.15, 0.2) is 29.4 Å². The highest BCUT2D eigenvalue weighted by atomic mass is 32.2. The van der Waals surface area contributed by atoms with E-state index in [-0.39, 0.29) is 0 Å². The molecule has 25 heavy (non-hydrogen) atoms. The number of hydrogen-bond acceptors (Lipinski definition) is 6. The highest BCUT2D eigenvalue weighted by Crippen LogP contribution is 2.34. The first-order chi connectivity index (χ1) is 12.2. The van der Waals surface area contributed by atoms with E-state index in [1.54, 1.807) is 0 Å². The number of benzene rings is 1. The Morgan fingerprint density at radius 2 is 2.12 bits per heavy atom. The average Bonchev–Trinajstić information content (AvgIpc) is 2.99. The number of thioether (sulfide) groups is 1. The maximum Gasteiger partial charge on any atom is 0.491 e. The van der Waals surface area contributed by atoms with Crippen molar-refractivity contribution in [2.75, 3.05) is 5.32 Å².